The number of nitriles is 1. The Morgan fingerprint density at radius 1 is 1.22 bits per heavy atom. The molecule has 36 heavy (non-hydrogen) atoms. The number of nitrogens with one attached hydrogen (secondary N) is 1. The first kappa shape index (κ1) is 25.1. The summed E-state index contributed by atoms with van der Waals surface area (Å²) >= 11 is 6.05. The molecule has 1 N–H and O–H groups in total. The van der Waals surface area contributed by atoms with Gasteiger partial charge >= 0.3 is 5.69 Å². The summed E-state index contributed by atoms with van der Waals surface area (Å²) in [5.41, 5.74) is -0.758. The third kappa shape index (κ3) is 4.99. The molecule has 0 unspecified atom stereocenters. The van der Waals surface area contributed by atoms with Crippen LogP contribution in [-0.4, -0.2) is 39.0 Å². The van der Waals surface area contributed by atoms with E-state index in [-0.39, 0.29) is 41.1 Å². The third-order valence-corrected chi connectivity index (χ3v) is 5.97. The number of anilines is 2. The standard InChI is InChI=1S/C24H21ClF2N6O3/c1-15(34)30-18-4-2-3-16(11-18)20-21(31-8-5-24(26,27)6-9-31)32(10-7-28)23(36)33(22(20)35)19-12-17(25)13-29-14-19/h2-4,11-14H,5-6,8-10H2,1H3,(H,30,34). The van der Waals surface area contributed by atoms with Crippen LogP contribution in [0.25, 0.3) is 16.8 Å². The lowest BCUT2D eigenvalue weighted by molar-refractivity contribution is -0.114. The van der Waals surface area contributed by atoms with Crippen LogP contribution in [-0.2, 0) is 11.3 Å². The van der Waals surface area contributed by atoms with E-state index in [4.69, 9.17) is 11.6 Å². The van der Waals surface area contributed by atoms with Crippen molar-refractivity contribution < 1.29 is 13.6 Å². The highest BCUT2D eigenvalue weighted by atomic mass is 35.5. The van der Waals surface area contributed by atoms with Crippen molar-refractivity contribution >= 4 is 29.0 Å². The van der Waals surface area contributed by atoms with Crippen LogP contribution in [0, 0.1) is 11.3 Å². The van der Waals surface area contributed by atoms with E-state index in [1.54, 1.807) is 24.3 Å². The first-order valence-corrected chi connectivity index (χ1v) is 11.4. The molecule has 0 aliphatic carbocycles. The normalized spacial score (nSPS) is 14.8. The first-order chi connectivity index (χ1) is 17.1. The highest BCUT2D eigenvalue weighted by Gasteiger charge is 2.36. The van der Waals surface area contributed by atoms with E-state index in [0.717, 1.165) is 9.13 Å². The van der Waals surface area contributed by atoms with E-state index in [2.05, 4.69) is 10.3 Å². The summed E-state index contributed by atoms with van der Waals surface area (Å²) in [5.74, 6) is -3.14. The number of carbonyl (C=O) groups excluding carboxylic acids is 1. The summed E-state index contributed by atoms with van der Waals surface area (Å²) < 4.78 is 29.8. The number of pyridine rings is 1. The van der Waals surface area contributed by atoms with Gasteiger partial charge in [-0.2, -0.15) is 5.26 Å². The van der Waals surface area contributed by atoms with Gasteiger partial charge in [0.05, 0.1) is 28.5 Å². The molecule has 0 spiro atoms. The average molecular weight is 515 g/mol. The van der Waals surface area contributed by atoms with E-state index in [9.17, 15) is 28.4 Å². The van der Waals surface area contributed by atoms with Crippen LogP contribution < -0.4 is 21.5 Å². The molecular weight excluding hydrogens is 494 g/mol. The lowest BCUT2D eigenvalue weighted by atomic mass is 10.0. The lowest BCUT2D eigenvalue weighted by Gasteiger charge is -2.35. The molecule has 1 amide bonds. The van der Waals surface area contributed by atoms with Crippen LogP contribution in [0.4, 0.5) is 20.3 Å². The number of benzene rings is 1. The summed E-state index contributed by atoms with van der Waals surface area (Å²) in [4.78, 5) is 44.5. The number of carbonyl (C=O) groups is 1. The highest BCUT2D eigenvalue weighted by Crippen LogP contribution is 2.35. The molecule has 1 fully saturated rings. The number of alkyl halides is 2. The smallest absolute Gasteiger partial charge is 0.338 e. The van der Waals surface area contributed by atoms with Crippen molar-refractivity contribution in [3.63, 3.8) is 0 Å². The number of hydrogen-bond donors (Lipinski definition) is 1. The lowest BCUT2D eigenvalue weighted by Crippen LogP contribution is -2.47. The van der Waals surface area contributed by atoms with Crippen LogP contribution in [0.1, 0.15) is 19.8 Å². The number of aromatic nitrogens is 3. The van der Waals surface area contributed by atoms with Crippen molar-refractivity contribution in [2.75, 3.05) is 23.3 Å². The number of nitrogens with zero attached hydrogens (tertiary/aromatic N) is 5. The Morgan fingerprint density at radius 3 is 2.58 bits per heavy atom. The Labute approximate surface area is 209 Å². The minimum atomic E-state index is -2.87. The van der Waals surface area contributed by atoms with E-state index in [1.165, 1.54) is 30.3 Å². The number of rotatable bonds is 5. The second kappa shape index (κ2) is 9.91. The van der Waals surface area contributed by atoms with E-state index >= 15 is 0 Å². The van der Waals surface area contributed by atoms with Gasteiger partial charge in [0, 0.05) is 44.7 Å². The molecule has 2 aromatic heterocycles. The quantitative estimate of drug-likeness (QED) is 0.558. The zero-order valence-electron chi connectivity index (χ0n) is 19.2. The first-order valence-electron chi connectivity index (χ1n) is 11.0. The maximum absolute atomic E-state index is 13.9. The monoisotopic (exact) mass is 514 g/mol. The van der Waals surface area contributed by atoms with Crippen LogP contribution in [0.2, 0.25) is 5.02 Å². The Hall–Kier alpha value is -4.04. The molecule has 0 atom stereocenters. The molecule has 0 radical (unpaired) electrons. The molecule has 4 rings (SSSR count). The molecule has 1 aromatic carbocycles. The fourth-order valence-electron chi connectivity index (χ4n) is 4.19. The van der Waals surface area contributed by atoms with Crippen LogP contribution in [0.3, 0.4) is 0 Å². The van der Waals surface area contributed by atoms with Gasteiger partial charge in [0.1, 0.15) is 12.4 Å². The number of piperidine rings is 1. The van der Waals surface area contributed by atoms with Gasteiger partial charge in [0.2, 0.25) is 5.91 Å². The van der Waals surface area contributed by atoms with Crippen molar-refractivity contribution in [3.05, 3.63) is 68.6 Å². The summed E-state index contributed by atoms with van der Waals surface area (Å²) in [7, 11) is 0. The maximum atomic E-state index is 13.9. The fourth-order valence-corrected chi connectivity index (χ4v) is 4.36. The van der Waals surface area contributed by atoms with Crippen molar-refractivity contribution in [2.45, 2.75) is 32.2 Å². The Kier molecular flexibility index (Phi) is 6.90. The van der Waals surface area contributed by atoms with Crippen LogP contribution in [0.5, 0.6) is 0 Å². The number of hydrogen-bond acceptors (Lipinski definition) is 6. The minimum Gasteiger partial charge on any atom is -0.357 e. The molecular formula is C24H21ClF2N6O3. The second-order valence-corrected chi connectivity index (χ2v) is 8.77. The van der Waals surface area contributed by atoms with Gasteiger partial charge < -0.3 is 10.2 Å². The van der Waals surface area contributed by atoms with Gasteiger partial charge in [-0.1, -0.05) is 23.7 Å². The number of halogens is 3. The molecule has 3 aromatic rings. The Morgan fingerprint density at radius 2 is 1.94 bits per heavy atom. The molecule has 1 aliphatic heterocycles. The van der Waals surface area contributed by atoms with Gasteiger partial charge in [-0.25, -0.2) is 18.1 Å². The van der Waals surface area contributed by atoms with Crippen LogP contribution >= 0.6 is 11.6 Å². The van der Waals surface area contributed by atoms with E-state index in [0.29, 0.717) is 11.3 Å². The van der Waals surface area contributed by atoms with Gasteiger partial charge in [-0.3, -0.25) is 19.1 Å². The van der Waals surface area contributed by atoms with E-state index in [1.807, 2.05) is 6.07 Å². The zero-order chi connectivity index (χ0) is 26.0. The molecule has 9 nitrogen and oxygen atoms in total. The zero-order valence-corrected chi connectivity index (χ0v) is 19.9. The van der Waals surface area contributed by atoms with Crippen molar-refractivity contribution in [1.29, 1.82) is 5.26 Å². The van der Waals surface area contributed by atoms with Gasteiger partial charge in [0.25, 0.3) is 11.5 Å². The molecule has 1 saturated heterocycles. The highest BCUT2D eigenvalue weighted by molar-refractivity contribution is 6.30. The Bertz CT molecular complexity index is 1480. The van der Waals surface area contributed by atoms with Gasteiger partial charge in [0.15, 0.2) is 0 Å². The molecule has 3 heterocycles. The molecule has 12 heteroatoms. The average Bonchev–Trinajstić information content (AvgIpc) is 2.81. The topological polar surface area (TPSA) is 113 Å². The van der Waals surface area contributed by atoms with Gasteiger partial charge in [-0.15, -0.1) is 0 Å². The fraction of sp³-hybridized carbons (Fsp3) is 0.292. The molecule has 0 bridgehead atoms. The Balaban J connectivity index is 2.06. The second-order valence-electron chi connectivity index (χ2n) is 8.33. The SMILES string of the molecule is CC(=O)Nc1cccc(-c2c(N3CCC(F)(F)CC3)n(CC#N)c(=O)n(-c3cncc(Cl)c3)c2=O)c1. The summed E-state index contributed by atoms with van der Waals surface area (Å²) in [5, 5.41) is 12.3. The number of amides is 1. The van der Waals surface area contributed by atoms with Crippen molar-refractivity contribution in [2.24, 2.45) is 0 Å². The minimum absolute atomic E-state index is 0.0160. The molecule has 186 valence electrons. The molecule has 0 saturated carbocycles. The summed E-state index contributed by atoms with van der Waals surface area (Å²) in [6.45, 7) is 0.642. The van der Waals surface area contributed by atoms with Crippen molar-refractivity contribution in [3.8, 4) is 22.9 Å². The van der Waals surface area contributed by atoms with E-state index < -0.39 is 36.6 Å². The maximum Gasteiger partial charge on any atom is 0.338 e. The predicted molar refractivity (Wildman–Crippen MR) is 131 cm³/mol. The van der Waals surface area contributed by atoms with Crippen molar-refractivity contribution in [1.82, 2.24) is 14.1 Å². The summed E-state index contributed by atoms with van der Waals surface area (Å²) in [6.07, 6.45) is 1.68. The predicted octanol–water partition coefficient (Wildman–Crippen LogP) is 3.43. The third-order valence-electron chi connectivity index (χ3n) is 5.76. The largest absolute Gasteiger partial charge is 0.357 e. The molecule has 1 aliphatic rings. The van der Waals surface area contributed by atoms with Crippen LogP contribution in [0.15, 0.2) is 52.3 Å². The summed E-state index contributed by atoms with van der Waals surface area (Å²) in [6, 6.07) is 9.68. The van der Waals surface area contributed by atoms with Gasteiger partial charge in [-0.05, 0) is 23.8 Å².